The lowest BCUT2D eigenvalue weighted by Gasteiger charge is -2.14. The van der Waals surface area contributed by atoms with Crippen LogP contribution in [-0.2, 0) is 16.6 Å². The molecule has 1 aromatic heterocycles. The molecular weight excluding hydrogens is 206 g/mol. The van der Waals surface area contributed by atoms with Gasteiger partial charge in [0.15, 0.2) is 5.78 Å². The standard InChI is InChI=1S/C12H17NOS/c1-5-6-9(14)7-11-13-10(8-15-11)12(2,3)4/h5-6,8H,7H2,1-4H3/b6-5+. The molecule has 0 N–H and O–H groups in total. The van der Waals surface area contributed by atoms with Gasteiger partial charge in [-0.3, -0.25) is 4.79 Å². The van der Waals surface area contributed by atoms with Gasteiger partial charge in [-0.15, -0.1) is 11.3 Å². The molecule has 3 heteroatoms. The summed E-state index contributed by atoms with van der Waals surface area (Å²) < 4.78 is 0. The Hall–Kier alpha value is -0.960. The largest absolute Gasteiger partial charge is 0.294 e. The van der Waals surface area contributed by atoms with Crippen LogP contribution in [0.25, 0.3) is 0 Å². The van der Waals surface area contributed by atoms with E-state index in [1.54, 1.807) is 23.5 Å². The van der Waals surface area contributed by atoms with Crippen molar-refractivity contribution in [1.29, 1.82) is 0 Å². The van der Waals surface area contributed by atoms with E-state index in [2.05, 4.69) is 25.8 Å². The van der Waals surface area contributed by atoms with Crippen LogP contribution in [0.15, 0.2) is 17.5 Å². The molecule has 82 valence electrons. The molecule has 0 saturated heterocycles. The lowest BCUT2D eigenvalue weighted by atomic mass is 9.93. The van der Waals surface area contributed by atoms with E-state index in [0.717, 1.165) is 10.7 Å². The third-order valence-corrected chi connectivity index (χ3v) is 2.85. The van der Waals surface area contributed by atoms with Gasteiger partial charge in [0, 0.05) is 10.8 Å². The Bertz CT molecular complexity index is 371. The summed E-state index contributed by atoms with van der Waals surface area (Å²) in [5, 5.41) is 2.95. The molecule has 1 aromatic rings. The molecule has 2 nitrogen and oxygen atoms in total. The van der Waals surface area contributed by atoms with Gasteiger partial charge in [0.2, 0.25) is 0 Å². The molecule has 0 aromatic carbocycles. The summed E-state index contributed by atoms with van der Waals surface area (Å²) in [4.78, 5) is 15.8. The molecule has 0 spiro atoms. The molecule has 1 rings (SSSR count). The first-order chi connectivity index (χ1) is 6.93. The number of allylic oxidation sites excluding steroid dienone is 2. The minimum absolute atomic E-state index is 0.0679. The van der Waals surface area contributed by atoms with E-state index < -0.39 is 0 Å². The van der Waals surface area contributed by atoms with Crippen LogP contribution in [0.1, 0.15) is 38.4 Å². The normalized spacial score (nSPS) is 12.3. The highest BCUT2D eigenvalue weighted by molar-refractivity contribution is 7.09. The highest BCUT2D eigenvalue weighted by atomic mass is 32.1. The average molecular weight is 223 g/mol. The fourth-order valence-electron chi connectivity index (χ4n) is 1.13. The Morgan fingerprint density at radius 3 is 2.67 bits per heavy atom. The van der Waals surface area contributed by atoms with E-state index in [-0.39, 0.29) is 11.2 Å². The van der Waals surface area contributed by atoms with Crippen LogP contribution in [0, 0.1) is 0 Å². The Labute approximate surface area is 95.0 Å². The van der Waals surface area contributed by atoms with E-state index in [1.807, 2.05) is 12.3 Å². The summed E-state index contributed by atoms with van der Waals surface area (Å²) in [6.45, 7) is 8.22. The molecule has 0 aliphatic heterocycles. The average Bonchev–Trinajstić information content (AvgIpc) is 2.52. The van der Waals surface area contributed by atoms with Crippen molar-refractivity contribution in [3.05, 3.63) is 28.2 Å². The van der Waals surface area contributed by atoms with Gasteiger partial charge in [0.1, 0.15) is 5.01 Å². The number of ketones is 1. The number of carbonyl (C=O) groups excluding carboxylic acids is 1. The van der Waals surface area contributed by atoms with Crippen LogP contribution < -0.4 is 0 Å². The molecule has 0 unspecified atom stereocenters. The molecule has 0 saturated carbocycles. The van der Waals surface area contributed by atoms with Gasteiger partial charge in [-0.05, 0) is 13.0 Å². The Morgan fingerprint density at radius 1 is 1.53 bits per heavy atom. The molecule has 0 radical (unpaired) electrons. The highest BCUT2D eigenvalue weighted by Gasteiger charge is 2.17. The van der Waals surface area contributed by atoms with Crippen LogP contribution in [-0.4, -0.2) is 10.8 Å². The minimum atomic E-state index is 0.0679. The summed E-state index contributed by atoms with van der Waals surface area (Å²) in [7, 11) is 0. The number of nitrogens with zero attached hydrogens (tertiary/aromatic N) is 1. The predicted molar refractivity (Wildman–Crippen MR) is 64.3 cm³/mol. The first-order valence-electron chi connectivity index (χ1n) is 5.04. The topological polar surface area (TPSA) is 30.0 Å². The smallest absolute Gasteiger partial charge is 0.162 e. The van der Waals surface area contributed by atoms with Gasteiger partial charge in [-0.2, -0.15) is 0 Å². The van der Waals surface area contributed by atoms with Gasteiger partial charge < -0.3 is 0 Å². The maximum absolute atomic E-state index is 11.4. The summed E-state index contributed by atoms with van der Waals surface area (Å²) in [6.07, 6.45) is 3.78. The molecule has 0 atom stereocenters. The Balaban J connectivity index is 2.73. The Kier molecular flexibility index (Phi) is 3.80. The Morgan fingerprint density at radius 2 is 2.20 bits per heavy atom. The number of thiazole rings is 1. The first-order valence-corrected chi connectivity index (χ1v) is 5.92. The molecular formula is C12H17NOS. The second-order valence-corrected chi connectivity index (χ2v) is 5.46. The maximum atomic E-state index is 11.4. The number of aromatic nitrogens is 1. The summed E-state index contributed by atoms with van der Waals surface area (Å²) in [5.74, 6) is 0.118. The van der Waals surface area contributed by atoms with E-state index in [9.17, 15) is 4.79 Å². The van der Waals surface area contributed by atoms with Crippen molar-refractivity contribution < 1.29 is 4.79 Å². The monoisotopic (exact) mass is 223 g/mol. The lowest BCUT2D eigenvalue weighted by molar-refractivity contribution is -0.114. The van der Waals surface area contributed by atoms with Crippen molar-refractivity contribution in [2.75, 3.05) is 0 Å². The maximum Gasteiger partial charge on any atom is 0.162 e. The van der Waals surface area contributed by atoms with Crippen LogP contribution in [0.5, 0.6) is 0 Å². The lowest BCUT2D eigenvalue weighted by Crippen LogP contribution is -2.11. The zero-order valence-electron chi connectivity index (χ0n) is 9.70. The second-order valence-electron chi connectivity index (χ2n) is 4.52. The van der Waals surface area contributed by atoms with Crippen LogP contribution in [0.2, 0.25) is 0 Å². The first kappa shape index (κ1) is 12.1. The fourth-order valence-corrected chi connectivity index (χ4v) is 2.16. The number of rotatable bonds is 3. The van der Waals surface area contributed by atoms with E-state index in [4.69, 9.17) is 0 Å². The molecule has 0 bridgehead atoms. The summed E-state index contributed by atoms with van der Waals surface area (Å²) >= 11 is 1.56. The van der Waals surface area contributed by atoms with E-state index >= 15 is 0 Å². The SMILES string of the molecule is C/C=C/C(=O)Cc1nc(C(C)(C)C)cs1. The predicted octanol–water partition coefficient (Wildman–Crippen LogP) is 3.13. The fraction of sp³-hybridized carbons (Fsp3) is 0.500. The van der Waals surface area contributed by atoms with Crippen LogP contribution in [0.4, 0.5) is 0 Å². The third kappa shape index (κ3) is 3.59. The van der Waals surface area contributed by atoms with Crippen LogP contribution in [0.3, 0.4) is 0 Å². The van der Waals surface area contributed by atoms with E-state index in [1.165, 1.54) is 0 Å². The molecule has 0 aliphatic carbocycles. The number of hydrogen-bond acceptors (Lipinski definition) is 3. The zero-order valence-corrected chi connectivity index (χ0v) is 10.5. The van der Waals surface area contributed by atoms with Gasteiger partial charge in [-0.1, -0.05) is 26.8 Å². The minimum Gasteiger partial charge on any atom is -0.294 e. The van der Waals surface area contributed by atoms with Gasteiger partial charge in [0.25, 0.3) is 0 Å². The quantitative estimate of drug-likeness (QED) is 0.737. The molecule has 0 fully saturated rings. The van der Waals surface area contributed by atoms with Crippen molar-refractivity contribution in [3.63, 3.8) is 0 Å². The van der Waals surface area contributed by atoms with Gasteiger partial charge in [0.05, 0.1) is 12.1 Å². The van der Waals surface area contributed by atoms with Crippen LogP contribution >= 0.6 is 11.3 Å². The highest BCUT2D eigenvalue weighted by Crippen LogP contribution is 2.24. The molecule has 0 aliphatic rings. The third-order valence-electron chi connectivity index (χ3n) is 2.00. The van der Waals surface area contributed by atoms with Crippen molar-refractivity contribution in [2.24, 2.45) is 0 Å². The molecule has 0 amide bonds. The summed E-state index contributed by atoms with van der Waals surface area (Å²) in [6, 6.07) is 0. The second kappa shape index (κ2) is 4.71. The number of hydrogen-bond donors (Lipinski definition) is 0. The van der Waals surface area contributed by atoms with Crippen molar-refractivity contribution in [1.82, 2.24) is 4.98 Å². The molecule has 1 heterocycles. The van der Waals surface area contributed by atoms with Crippen molar-refractivity contribution in [3.8, 4) is 0 Å². The van der Waals surface area contributed by atoms with Gasteiger partial charge in [-0.25, -0.2) is 4.98 Å². The molecule has 15 heavy (non-hydrogen) atoms. The number of carbonyl (C=O) groups is 1. The van der Waals surface area contributed by atoms with Gasteiger partial charge >= 0.3 is 0 Å². The van der Waals surface area contributed by atoms with E-state index in [0.29, 0.717) is 6.42 Å². The van der Waals surface area contributed by atoms with Crippen molar-refractivity contribution >= 4 is 17.1 Å². The summed E-state index contributed by atoms with van der Waals surface area (Å²) in [5.41, 5.74) is 1.13. The zero-order chi connectivity index (χ0) is 11.5. The van der Waals surface area contributed by atoms with Crippen molar-refractivity contribution in [2.45, 2.75) is 39.5 Å².